The van der Waals surface area contributed by atoms with Crippen molar-refractivity contribution in [2.75, 3.05) is 18.1 Å². The smallest absolute Gasteiger partial charge is 0.0406 e. The van der Waals surface area contributed by atoms with Gasteiger partial charge in [0.2, 0.25) is 0 Å². The molecule has 0 radical (unpaired) electrons. The zero-order valence-electron chi connectivity index (χ0n) is 9.42. The summed E-state index contributed by atoms with van der Waals surface area (Å²) < 4.78 is 0. The molecule has 0 amide bonds. The van der Waals surface area contributed by atoms with Gasteiger partial charge in [0.1, 0.15) is 0 Å². The summed E-state index contributed by atoms with van der Waals surface area (Å²) >= 11 is 7.91. The van der Waals surface area contributed by atoms with Gasteiger partial charge in [-0.05, 0) is 30.5 Å². The van der Waals surface area contributed by atoms with Crippen molar-refractivity contribution in [1.29, 1.82) is 0 Å². The van der Waals surface area contributed by atoms with Crippen LogP contribution in [0.2, 0.25) is 5.02 Å². The SMILES string of the molecule is NCCSCC1(c2ccc(Cl)cc2)CCC1. The third-order valence-electron chi connectivity index (χ3n) is 3.41. The van der Waals surface area contributed by atoms with Gasteiger partial charge in [0.25, 0.3) is 0 Å². The largest absolute Gasteiger partial charge is 0.330 e. The molecule has 0 atom stereocenters. The molecule has 1 aromatic rings. The summed E-state index contributed by atoms with van der Waals surface area (Å²) in [7, 11) is 0. The minimum absolute atomic E-state index is 0.407. The molecule has 0 spiro atoms. The molecule has 0 aromatic heterocycles. The molecule has 88 valence electrons. The topological polar surface area (TPSA) is 26.0 Å². The number of hydrogen-bond donors (Lipinski definition) is 1. The van der Waals surface area contributed by atoms with Gasteiger partial charge in [0, 0.05) is 28.5 Å². The highest BCUT2D eigenvalue weighted by molar-refractivity contribution is 7.99. The number of rotatable bonds is 5. The molecule has 1 aliphatic rings. The fourth-order valence-corrected chi connectivity index (χ4v) is 3.56. The van der Waals surface area contributed by atoms with Crippen LogP contribution >= 0.6 is 23.4 Å². The lowest BCUT2D eigenvalue weighted by Crippen LogP contribution is -2.37. The third kappa shape index (κ3) is 2.55. The van der Waals surface area contributed by atoms with Crippen LogP contribution in [0.4, 0.5) is 0 Å². The molecular formula is C13H18ClNS. The molecule has 0 unspecified atom stereocenters. The van der Waals surface area contributed by atoms with Gasteiger partial charge in [-0.15, -0.1) is 0 Å². The molecule has 1 fully saturated rings. The Hall–Kier alpha value is -0.180. The lowest BCUT2D eigenvalue weighted by molar-refractivity contribution is 0.279. The van der Waals surface area contributed by atoms with Gasteiger partial charge < -0.3 is 5.73 Å². The van der Waals surface area contributed by atoms with E-state index in [9.17, 15) is 0 Å². The van der Waals surface area contributed by atoms with Gasteiger partial charge in [-0.1, -0.05) is 30.2 Å². The zero-order chi connectivity index (χ0) is 11.4. The van der Waals surface area contributed by atoms with Gasteiger partial charge in [-0.2, -0.15) is 11.8 Å². The number of halogens is 1. The molecule has 2 N–H and O–H groups in total. The highest BCUT2D eigenvalue weighted by atomic mass is 35.5. The molecule has 0 saturated heterocycles. The highest BCUT2D eigenvalue weighted by Crippen LogP contribution is 2.46. The van der Waals surface area contributed by atoms with Crippen molar-refractivity contribution in [3.05, 3.63) is 34.9 Å². The van der Waals surface area contributed by atoms with E-state index in [2.05, 4.69) is 12.1 Å². The average molecular weight is 256 g/mol. The summed E-state index contributed by atoms with van der Waals surface area (Å²) in [6, 6.07) is 8.38. The number of hydrogen-bond acceptors (Lipinski definition) is 2. The second-order valence-corrected chi connectivity index (χ2v) is 6.02. The maximum Gasteiger partial charge on any atom is 0.0406 e. The fraction of sp³-hybridized carbons (Fsp3) is 0.538. The van der Waals surface area contributed by atoms with E-state index in [1.54, 1.807) is 0 Å². The van der Waals surface area contributed by atoms with E-state index in [0.717, 1.165) is 17.3 Å². The van der Waals surface area contributed by atoms with Crippen LogP contribution in [0.15, 0.2) is 24.3 Å². The van der Waals surface area contributed by atoms with Crippen LogP contribution in [-0.2, 0) is 5.41 Å². The molecule has 0 heterocycles. The first kappa shape index (κ1) is 12.3. The Bertz CT molecular complexity index is 332. The van der Waals surface area contributed by atoms with Crippen molar-refractivity contribution in [3.63, 3.8) is 0 Å². The molecular weight excluding hydrogens is 238 g/mol. The zero-order valence-corrected chi connectivity index (χ0v) is 11.0. The summed E-state index contributed by atoms with van der Waals surface area (Å²) in [4.78, 5) is 0. The van der Waals surface area contributed by atoms with Gasteiger partial charge in [-0.3, -0.25) is 0 Å². The van der Waals surface area contributed by atoms with Crippen molar-refractivity contribution in [2.24, 2.45) is 5.73 Å². The van der Waals surface area contributed by atoms with E-state index < -0.39 is 0 Å². The van der Waals surface area contributed by atoms with Gasteiger partial charge >= 0.3 is 0 Å². The van der Waals surface area contributed by atoms with Crippen molar-refractivity contribution in [2.45, 2.75) is 24.7 Å². The summed E-state index contributed by atoms with van der Waals surface area (Å²) in [6.45, 7) is 0.779. The fourth-order valence-electron chi connectivity index (χ4n) is 2.27. The van der Waals surface area contributed by atoms with E-state index in [0.29, 0.717) is 5.41 Å². The molecule has 1 aliphatic carbocycles. The van der Waals surface area contributed by atoms with Gasteiger partial charge in [-0.25, -0.2) is 0 Å². The highest BCUT2D eigenvalue weighted by Gasteiger charge is 2.38. The Balaban J connectivity index is 2.05. The maximum absolute atomic E-state index is 5.93. The lowest BCUT2D eigenvalue weighted by atomic mass is 9.66. The van der Waals surface area contributed by atoms with Crippen LogP contribution in [0.3, 0.4) is 0 Å². The first-order chi connectivity index (χ1) is 7.77. The molecule has 1 saturated carbocycles. The number of thioether (sulfide) groups is 1. The summed E-state index contributed by atoms with van der Waals surface area (Å²) in [5.41, 5.74) is 7.40. The van der Waals surface area contributed by atoms with E-state index in [1.165, 1.54) is 30.6 Å². The predicted molar refractivity (Wildman–Crippen MR) is 73.4 cm³/mol. The minimum atomic E-state index is 0.407. The number of benzene rings is 1. The van der Waals surface area contributed by atoms with E-state index in [-0.39, 0.29) is 0 Å². The predicted octanol–water partition coefficient (Wildman–Crippen LogP) is 3.45. The quantitative estimate of drug-likeness (QED) is 0.816. The van der Waals surface area contributed by atoms with E-state index in [1.807, 2.05) is 23.9 Å². The molecule has 2 rings (SSSR count). The summed E-state index contributed by atoms with van der Waals surface area (Å²) in [6.07, 6.45) is 3.98. The Kier molecular flexibility index (Phi) is 4.17. The average Bonchev–Trinajstić information content (AvgIpc) is 2.24. The minimum Gasteiger partial charge on any atom is -0.330 e. The van der Waals surface area contributed by atoms with E-state index in [4.69, 9.17) is 17.3 Å². The third-order valence-corrected chi connectivity index (χ3v) is 4.94. The summed E-state index contributed by atoms with van der Waals surface area (Å²) in [5, 5.41) is 0.827. The monoisotopic (exact) mass is 255 g/mol. The van der Waals surface area contributed by atoms with E-state index >= 15 is 0 Å². The normalized spacial score (nSPS) is 18.1. The van der Waals surface area contributed by atoms with Crippen LogP contribution in [0, 0.1) is 0 Å². The van der Waals surface area contributed by atoms with Crippen LogP contribution < -0.4 is 5.73 Å². The van der Waals surface area contributed by atoms with Crippen LogP contribution in [0.25, 0.3) is 0 Å². The first-order valence-electron chi connectivity index (χ1n) is 5.81. The van der Waals surface area contributed by atoms with Gasteiger partial charge in [0.15, 0.2) is 0 Å². The number of nitrogens with two attached hydrogens (primary N) is 1. The van der Waals surface area contributed by atoms with Crippen molar-refractivity contribution in [3.8, 4) is 0 Å². The Morgan fingerprint density at radius 1 is 1.25 bits per heavy atom. The molecule has 3 heteroatoms. The summed E-state index contributed by atoms with van der Waals surface area (Å²) in [5.74, 6) is 2.27. The molecule has 0 bridgehead atoms. The van der Waals surface area contributed by atoms with Crippen molar-refractivity contribution < 1.29 is 0 Å². The van der Waals surface area contributed by atoms with Crippen LogP contribution in [-0.4, -0.2) is 18.1 Å². The molecule has 1 aromatic carbocycles. The Morgan fingerprint density at radius 3 is 2.44 bits per heavy atom. The van der Waals surface area contributed by atoms with Crippen LogP contribution in [0.1, 0.15) is 24.8 Å². The maximum atomic E-state index is 5.93. The van der Waals surface area contributed by atoms with Crippen molar-refractivity contribution >= 4 is 23.4 Å². The van der Waals surface area contributed by atoms with Crippen LogP contribution in [0.5, 0.6) is 0 Å². The lowest BCUT2D eigenvalue weighted by Gasteiger charge is -2.42. The second kappa shape index (κ2) is 5.44. The Labute approximate surface area is 107 Å². The second-order valence-electron chi connectivity index (χ2n) is 4.48. The van der Waals surface area contributed by atoms with Gasteiger partial charge in [0.05, 0.1) is 0 Å². The standard InChI is InChI=1S/C13H18ClNS/c14-12-4-2-11(3-5-12)13(6-1-7-13)10-16-9-8-15/h2-5H,1,6-10,15H2. The molecule has 0 aliphatic heterocycles. The van der Waals surface area contributed by atoms with Crippen molar-refractivity contribution in [1.82, 2.24) is 0 Å². The molecule has 1 nitrogen and oxygen atoms in total. The first-order valence-corrected chi connectivity index (χ1v) is 7.34. The molecule has 16 heavy (non-hydrogen) atoms. The Morgan fingerprint density at radius 2 is 1.94 bits per heavy atom.